The number of carbonyl (C=O) groups is 1. The number of rotatable bonds is 5. The van der Waals surface area contributed by atoms with Gasteiger partial charge in [0.25, 0.3) is 5.69 Å². The maximum Gasteiger partial charge on any atom is 0.271 e. The Labute approximate surface area is 182 Å². The zero-order valence-corrected chi connectivity index (χ0v) is 18.7. The zero-order chi connectivity index (χ0) is 22.8. The maximum absolute atomic E-state index is 13.0. The van der Waals surface area contributed by atoms with Crippen molar-refractivity contribution in [3.63, 3.8) is 0 Å². The summed E-state index contributed by atoms with van der Waals surface area (Å²) in [5.41, 5.74) is 1.25. The second-order valence-corrected chi connectivity index (χ2v) is 10.7. The molecule has 31 heavy (non-hydrogen) atoms. The number of non-ortho nitro benzene ring substituents is 1. The molecule has 0 unspecified atom stereocenters. The van der Waals surface area contributed by atoms with E-state index < -0.39 is 14.9 Å². The van der Waals surface area contributed by atoms with Crippen molar-refractivity contribution in [2.24, 2.45) is 5.92 Å². The van der Waals surface area contributed by atoms with E-state index in [1.807, 2.05) is 12.1 Å². The average molecular weight is 446 g/mol. The first kappa shape index (κ1) is 22.9. The molecule has 0 atom stereocenters. The van der Waals surface area contributed by atoms with Crippen LogP contribution in [0.5, 0.6) is 0 Å². The molecule has 1 heterocycles. The average Bonchev–Trinajstić information content (AvgIpc) is 2.73. The maximum atomic E-state index is 13.0. The van der Waals surface area contributed by atoms with Gasteiger partial charge in [0.2, 0.25) is 15.9 Å². The van der Waals surface area contributed by atoms with E-state index >= 15 is 0 Å². The van der Waals surface area contributed by atoms with Gasteiger partial charge in [-0.1, -0.05) is 39.0 Å². The highest BCUT2D eigenvalue weighted by atomic mass is 32.2. The van der Waals surface area contributed by atoms with Gasteiger partial charge < -0.3 is 5.32 Å². The van der Waals surface area contributed by atoms with Crippen LogP contribution in [0.1, 0.15) is 39.2 Å². The summed E-state index contributed by atoms with van der Waals surface area (Å²) < 4.78 is 27.4. The highest BCUT2D eigenvalue weighted by Gasteiger charge is 2.32. The van der Waals surface area contributed by atoms with Crippen LogP contribution < -0.4 is 5.32 Å². The number of nitro groups is 1. The van der Waals surface area contributed by atoms with Crippen LogP contribution in [0.4, 0.5) is 11.4 Å². The third kappa shape index (κ3) is 5.29. The van der Waals surface area contributed by atoms with Crippen molar-refractivity contribution in [1.82, 2.24) is 4.31 Å². The Balaban J connectivity index is 1.62. The van der Waals surface area contributed by atoms with Crippen molar-refractivity contribution in [2.45, 2.75) is 43.9 Å². The Morgan fingerprint density at radius 2 is 1.71 bits per heavy atom. The molecule has 0 spiro atoms. The van der Waals surface area contributed by atoms with E-state index in [0.717, 1.165) is 5.56 Å². The second kappa shape index (κ2) is 8.76. The van der Waals surface area contributed by atoms with Gasteiger partial charge in [-0.2, -0.15) is 4.31 Å². The molecular weight excluding hydrogens is 418 g/mol. The number of benzene rings is 2. The smallest absolute Gasteiger partial charge is 0.271 e. The fourth-order valence-electron chi connectivity index (χ4n) is 3.58. The summed E-state index contributed by atoms with van der Waals surface area (Å²) >= 11 is 0. The predicted molar refractivity (Wildman–Crippen MR) is 118 cm³/mol. The van der Waals surface area contributed by atoms with E-state index in [1.165, 1.54) is 22.5 Å². The van der Waals surface area contributed by atoms with E-state index in [0.29, 0.717) is 18.5 Å². The number of nitro benzene ring substituents is 1. The molecule has 1 N–H and O–H groups in total. The van der Waals surface area contributed by atoms with Crippen LogP contribution in [-0.4, -0.2) is 36.6 Å². The summed E-state index contributed by atoms with van der Waals surface area (Å²) in [6.07, 6.45) is 0.778. The number of piperidine rings is 1. The number of amides is 1. The number of nitrogens with one attached hydrogen (secondary N) is 1. The van der Waals surface area contributed by atoms with E-state index in [-0.39, 0.29) is 40.9 Å². The molecule has 1 amide bonds. The Morgan fingerprint density at radius 1 is 1.10 bits per heavy atom. The van der Waals surface area contributed by atoms with E-state index in [1.54, 1.807) is 18.2 Å². The molecule has 9 heteroatoms. The van der Waals surface area contributed by atoms with Gasteiger partial charge in [-0.25, -0.2) is 8.42 Å². The lowest BCUT2D eigenvalue weighted by atomic mass is 9.87. The molecule has 8 nitrogen and oxygen atoms in total. The molecule has 0 aliphatic carbocycles. The summed E-state index contributed by atoms with van der Waals surface area (Å²) in [5.74, 6) is -0.610. The molecule has 0 saturated carbocycles. The van der Waals surface area contributed by atoms with Gasteiger partial charge in [0, 0.05) is 36.8 Å². The monoisotopic (exact) mass is 445 g/mol. The Morgan fingerprint density at radius 3 is 2.26 bits per heavy atom. The molecule has 1 saturated heterocycles. The Kier molecular flexibility index (Phi) is 6.47. The number of sulfonamides is 1. The third-order valence-electron chi connectivity index (χ3n) is 5.51. The van der Waals surface area contributed by atoms with Crippen molar-refractivity contribution in [3.8, 4) is 0 Å². The van der Waals surface area contributed by atoms with Crippen molar-refractivity contribution in [3.05, 3.63) is 64.2 Å². The SMILES string of the molecule is CC(C)(C)c1ccc(S(=O)(=O)N2CCC(C(=O)Nc3cccc([N+](=O)[O-])c3)CC2)cc1. The molecule has 1 aliphatic heterocycles. The first-order valence-electron chi connectivity index (χ1n) is 10.1. The van der Waals surface area contributed by atoms with Crippen LogP contribution in [0.3, 0.4) is 0 Å². The minimum Gasteiger partial charge on any atom is -0.326 e. The topological polar surface area (TPSA) is 110 Å². The highest BCUT2D eigenvalue weighted by Crippen LogP contribution is 2.28. The van der Waals surface area contributed by atoms with Crippen LogP contribution in [0.15, 0.2) is 53.4 Å². The van der Waals surface area contributed by atoms with Crippen molar-refractivity contribution < 1.29 is 18.1 Å². The fourth-order valence-corrected chi connectivity index (χ4v) is 5.05. The summed E-state index contributed by atoms with van der Waals surface area (Å²) in [6.45, 7) is 6.70. The molecule has 1 fully saturated rings. The van der Waals surface area contributed by atoms with Gasteiger partial charge in [-0.05, 0) is 42.0 Å². The van der Waals surface area contributed by atoms with Crippen LogP contribution in [0, 0.1) is 16.0 Å². The van der Waals surface area contributed by atoms with Crippen LogP contribution >= 0.6 is 0 Å². The second-order valence-electron chi connectivity index (χ2n) is 8.75. The third-order valence-corrected chi connectivity index (χ3v) is 7.42. The summed E-state index contributed by atoms with van der Waals surface area (Å²) in [4.78, 5) is 23.2. The molecule has 0 radical (unpaired) electrons. The van der Waals surface area contributed by atoms with Crippen LogP contribution in [0.2, 0.25) is 0 Å². The minimum absolute atomic E-state index is 0.0623. The van der Waals surface area contributed by atoms with Crippen molar-refractivity contribution in [1.29, 1.82) is 0 Å². The van der Waals surface area contributed by atoms with Crippen molar-refractivity contribution >= 4 is 27.3 Å². The quantitative estimate of drug-likeness (QED) is 0.554. The molecule has 3 rings (SSSR count). The Hall–Kier alpha value is -2.78. The lowest BCUT2D eigenvalue weighted by Gasteiger charge is -2.30. The Bertz CT molecular complexity index is 1070. The van der Waals surface area contributed by atoms with Crippen LogP contribution in [0.25, 0.3) is 0 Å². The van der Waals surface area contributed by atoms with Gasteiger partial charge in [-0.3, -0.25) is 14.9 Å². The number of anilines is 1. The molecule has 2 aromatic rings. The number of hydrogen-bond acceptors (Lipinski definition) is 5. The van der Waals surface area contributed by atoms with E-state index in [2.05, 4.69) is 26.1 Å². The predicted octanol–water partition coefficient (Wildman–Crippen LogP) is 3.93. The van der Waals surface area contributed by atoms with Gasteiger partial charge >= 0.3 is 0 Å². The summed E-state index contributed by atoms with van der Waals surface area (Å²) in [5, 5.41) is 13.6. The standard InChI is InChI=1S/C22H27N3O5S/c1-22(2,3)17-7-9-20(10-8-17)31(29,30)24-13-11-16(12-14-24)21(26)23-18-5-4-6-19(15-18)25(27)28/h4-10,15-16H,11-14H2,1-3H3,(H,23,26). The first-order chi connectivity index (χ1) is 14.5. The number of carbonyl (C=O) groups excluding carboxylic acids is 1. The molecule has 1 aliphatic rings. The lowest BCUT2D eigenvalue weighted by molar-refractivity contribution is -0.384. The van der Waals surface area contributed by atoms with Gasteiger partial charge in [0.15, 0.2) is 0 Å². The summed E-state index contributed by atoms with van der Waals surface area (Å²) in [6, 6.07) is 12.7. The fraction of sp³-hybridized carbons (Fsp3) is 0.409. The minimum atomic E-state index is -3.62. The lowest BCUT2D eigenvalue weighted by Crippen LogP contribution is -2.41. The normalized spacial score (nSPS) is 16.1. The van der Waals surface area contributed by atoms with E-state index in [4.69, 9.17) is 0 Å². The van der Waals surface area contributed by atoms with Crippen molar-refractivity contribution in [2.75, 3.05) is 18.4 Å². The molecular formula is C22H27N3O5S. The first-order valence-corrected chi connectivity index (χ1v) is 11.6. The molecule has 166 valence electrons. The summed E-state index contributed by atoms with van der Waals surface area (Å²) in [7, 11) is -3.62. The highest BCUT2D eigenvalue weighted by molar-refractivity contribution is 7.89. The zero-order valence-electron chi connectivity index (χ0n) is 17.9. The van der Waals surface area contributed by atoms with E-state index in [9.17, 15) is 23.3 Å². The van der Waals surface area contributed by atoms with Gasteiger partial charge in [-0.15, -0.1) is 0 Å². The largest absolute Gasteiger partial charge is 0.326 e. The molecule has 0 bridgehead atoms. The van der Waals surface area contributed by atoms with Gasteiger partial charge in [0.1, 0.15) is 0 Å². The number of nitrogens with zero attached hydrogens (tertiary/aromatic N) is 2. The number of hydrogen-bond donors (Lipinski definition) is 1. The molecule has 2 aromatic carbocycles. The molecule has 0 aromatic heterocycles. The van der Waals surface area contributed by atoms with Gasteiger partial charge in [0.05, 0.1) is 9.82 Å². The van der Waals surface area contributed by atoms with Crippen LogP contribution in [-0.2, 0) is 20.2 Å².